The number of halogens is 1. The van der Waals surface area contributed by atoms with Crippen LogP contribution in [-0.2, 0) is 10.3 Å². The van der Waals surface area contributed by atoms with E-state index < -0.39 is 5.54 Å². The van der Waals surface area contributed by atoms with Crippen molar-refractivity contribution in [3.8, 4) is 0 Å². The summed E-state index contributed by atoms with van der Waals surface area (Å²) in [4.78, 5) is 17.0. The van der Waals surface area contributed by atoms with Crippen LogP contribution < -0.4 is 10.6 Å². The Labute approximate surface area is 124 Å². The normalized spacial score (nSPS) is 22.4. The molecule has 2 N–H and O–H groups in total. The second-order valence-corrected chi connectivity index (χ2v) is 6.45. The lowest BCUT2D eigenvalue weighted by Crippen LogP contribution is -2.47. The largest absolute Gasteiger partial charge is 0.351 e. The number of amides is 1. The van der Waals surface area contributed by atoms with E-state index in [1.54, 1.807) is 12.1 Å². The van der Waals surface area contributed by atoms with Crippen LogP contribution in [0.1, 0.15) is 39.7 Å². The van der Waals surface area contributed by atoms with Crippen molar-refractivity contribution in [2.45, 2.75) is 45.2 Å². The number of guanidine groups is 1. The molecule has 0 aliphatic carbocycles. The van der Waals surface area contributed by atoms with E-state index in [2.05, 4.69) is 15.6 Å². The molecule has 0 fully saturated rings. The lowest BCUT2D eigenvalue weighted by molar-refractivity contribution is -0.124. The summed E-state index contributed by atoms with van der Waals surface area (Å²) in [7, 11) is 0. The topological polar surface area (TPSA) is 53.5 Å². The van der Waals surface area contributed by atoms with Crippen molar-refractivity contribution >= 4 is 23.5 Å². The molecule has 1 amide bonds. The molecule has 0 radical (unpaired) electrons. The third-order valence-corrected chi connectivity index (χ3v) is 3.45. The highest BCUT2D eigenvalue weighted by atomic mass is 35.5. The summed E-state index contributed by atoms with van der Waals surface area (Å²) >= 11 is 6.04. The Morgan fingerprint density at radius 1 is 1.40 bits per heavy atom. The summed E-state index contributed by atoms with van der Waals surface area (Å²) in [5.74, 6) is 0.401. The maximum Gasteiger partial charge on any atom is 0.259 e. The molecule has 1 aromatic carbocycles. The van der Waals surface area contributed by atoms with Gasteiger partial charge in [0.15, 0.2) is 11.5 Å². The van der Waals surface area contributed by atoms with Crippen LogP contribution in [-0.4, -0.2) is 17.4 Å². The number of hydrogen-bond acceptors (Lipinski definition) is 3. The van der Waals surface area contributed by atoms with Crippen molar-refractivity contribution in [2.75, 3.05) is 0 Å². The van der Waals surface area contributed by atoms with Gasteiger partial charge in [-0.25, -0.2) is 4.99 Å². The zero-order valence-corrected chi connectivity index (χ0v) is 13.0. The van der Waals surface area contributed by atoms with Crippen molar-refractivity contribution in [1.29, 1.82) is 0 Å². The fourth-order valence-electron chi connectivity index (χ4n) is 2.28. The SMILES string of the molecule is CCC1(c2cccc(Cl)c2)N=C(NC(C)(C)C)NC1=O. The second-order valence-electron chi connectivity index (χ2n) is 6.01. The van der Waals surface area contributed by atoms with Crippen LogP contribution >= 0.6 is 11.6 Å². The van der Waals surface area contributed by atoms with Gasteiger partial charge in [0.25, 0.3) is 5.91 Å². The summed E-state index contributed by atoms with van der Waals surface area (Å²) in [6.07, 6.45) is 0.578. The van der Waals surface area contributed by atoms with Gasteiger partial charge < -0.3 is 5.32 Å². The molecular formula is C15H20ClN3O. The molecule has 1 unspecified atom stereocenters. The lowest BCUT2D eigenvalue weighted by atomic mass is 9.88. The molecule has 0 aromatic heterocycles. The maximum atomic E-state index is 12.4. The van der Waals surface area contributed by atoms with Crippen LogP contribution in [0.4, 0.5) is 0 Å². The summed E-state index contributed by atoms with van der Waals surface area (Å²) < 4.78 is 0. The Morgan fingerprint density at radius 3 is 2.65 bits per heavy atom. The molecule has 1 heterocycles. The molecule has 20 heavy (non-hydrogen) atoms. The van der Waals surface area contributed by atoms with Gasteiger partial charge in [-0.15, -0.1) is 0 Å². The Morgan fingerprint density at radius 2 is 2.10 bits per heavy atom. The Hall–Kier alpha value is -1.55. The molecular weight excluding hydrogens is 274 g/mol. The minimum atomic E-state index is -0.890. The molecule has 0 saturated heterocycles. The predicted octanol–water partition coefficient (Wildman–Crippen LogP) is 2.82. The van der Waals surface area contributed by atoms with Gasteiger partial charge in [0.1, 0.15) is 0 Å². The quantitative estimate of drug-likeness (QED) is 0.881. The van der Waals surface area contributed by atoms with E-state index in [9.17, 15) is 4.79 Å². The highest BCUT2D eigenvalue weighted by molar-refractivity contribution is 6.30. The first kappa shape index (κ1) is 14.9. The number of carbonyl (C=O) groups excluding carboxylic acids is 1. The number of carbonyl (C=O) groups is 1. The van der Waals surface area contributed by atoms with E-state index in [0.29, 0.717) is 17.4 Å². The van der Waals surface area contributed by atoms with Crippen LogP contribution in [0, 0.1) is 0 Å². The standard InChI is InChI=1S/C15H20ClN3O/c1-5-15(10-7-6-8-11(16)9-10)12(20)17-13(19-15)18-14(2,3)4/h6-9H,5H2,1-4H3,(H2,17,18,19,20). The van der Waals surface area contributed by atoms with Crippen molar-refractivity contribution in [3.05, 3.63) is 34.9 Å². The average molecular weight is 294 g/mol. The van der Waals surface area contributed by atoms with Crippen LogP contribution in [0.2, 0.25) is 5.02 Å². The van der Waals surface area contributed by atoms with Gasteiger partial charge in [0, 0.05) is 10.6 Å². The number of nitrogens with one attached hydrogen (secondary N) is 2. The average Bonchev–Trinajstić information content (AvgIpc) is 2.64. The van der Waals surface area contributed by atoms with Gasteiger partial charge in [0.2, 0.25) is 0 Å². The molecule has 1 atom stereocenters. The van der Waals surface area contributed by atoms with E-state index in [-0.39, 0.29) is 11.4 Å². The molecule has 4 nitrogen and oxygen atoms in total. The Balaban J connectivity index is 2.42. The molecule has 5 heteroatoms. The van der Waals surface area contributed by atoms with Crippen LogP contribution in [0.3, 0.4) is 0 Å². The number of rotatable bonds is 2. The Kier molecular flexibility index (Phi) is 3.78. The van der Waals surface area contributed by atoms with Crippen molar-refractivity contribution < 1.29 is 4.79 Å². The van der Waals surface area contributed by atoms with Gasteiger partial charge in [-0.3, -0.25) is 10.1 Å². The lowest BCUT2D eigenvalue weighted by Gasteiger charge is -2.22. The molecule has 0 spiro atoms. The van der Waals surface area contributed by atoms with Gasteiger partial charge >= 0.3 is 0 Å². The second kappa shape index (κ2) is 5.09. The molecule has 2 rings (SSSR count). The molecule has 0 bridgehead atoms. The van der Waals surface area contributed by atoms with Gasteiger partial charge in [-0.1, -0.05) is 30.7 Å². The minimum Gasteiger partial charge on any atom is -0.351 e. The molecule has 1 aliphatic rings. The van der Waals surface area contributed by atoms with Gasteiger partial charge in [-0.2, -0.15) is 0 Å². The third kappa shape index (κ3) is 2.80. The first-order valence-corrected chi connectivity index (χ1v) is 7.10. The van der Waals surface area contributed by atoms with E-state index in [1.807, 2.05) is 39.8 Å². The van der Waals surface area contributed by atoms with Crippen LogP contribution in [0.15, 0.2) is 29.3 Å². The van der Waals surface area contributed by atoms with E-state index in [1.165, 1.54) is 0 Å². The van der Waals surface area contributed by atoms with E-state index >= 15 is 0 Å². The van der Waals surface area contributed by atoms with Crippen molar-refractivity contribution in [1.82, 2.24) is 10.6 Å². The van der Waals surface area contributed by atoms with E-state index in [4.69, 9.17) is 11.6 Å². The fourth-order valence-corrected chi connectivity index (χ4v) is 2.47. The number of nitrogens with zero attached hydrogens (tertiary/aromatic N) is 1. The molecule has 1 aliphatic heterocycles. The van der Waals surface area contributed by atoms with Crippen LogP contribution in [0.25, 0.3) is 0 Å². The number of aliphatic imine (C=N–C) groups is 1. The molecule has 1 aromatic rings. The summed E-state index contributed by atoms with van der Waals surface area (Å²) in [5.41, 5.74) is -0.237. The summed E-state index contributed by atoms with van der Waals surface area (Å²) in [6.45, 7) is 8.01. The van der Waals surface area contributed by atoms with Crippen LogP contribution in [0.5, 0.6) is 0 Å². The third-order valence-electron chi connectivity index (χ3n) is 3.22. The number of benzene rings is 1. The minimum absolute atomic E-state index is 0.117. The first-order valence-electron chi connectivity index (χ1n) is 6.72. The van der Waals surface area contributed by atoms with Crippen molar-refractivity contribution in [2.24, 2.45) is 4.99 Å². The summed E-state index contributed by atoms with van der Waals surface area (Å²) in [5, 5.41) is 6.64. The monoisotopic (exact) mass is 293 g/mol. The Bertz CT molecular complexity index is 562. The highest BCUT2D eigenvalue weighted by Crippen LogP contribution is 2.34. The fraction of sp³-hybridized carbons (Fsp3) is 0.467. The van der Waals surface area contributed by atoms with Gasteiger partial charge in [-0.05, 0) is 44.9 Å². The maximum absolute atomic E-state index is 12.4. The highest BCUT2D eigenvalue weighted by Gasteiger charge is 2.44. The van der Waals surface area contributed by atoms with Crippen molar-refractivity contribution in [3.63, 3.8) is 0 Å². The smallest absolute Gasteiger partial charge is 0.259 e. The zero-order chi connectivity index (χ0) is 15.0. The van der Waals surface area contributed by atoms with E-state index in [0.717, 1.165) is 5.56 Å². The number of hydrogen-bond donors (Lipinski definition) is 2. The zero-order valence-electron chi connectivity index (χ0n) is 12.2. The summed E-state index contributed by atoms with van der Waals surface area (Å²) in [6, 6.07) is 7.32. The molecule has 108 valence electrons. The first-order chi connectivity index (χ1) is 9.27. The van der Waals surface area contributed by atoms with Gasteiger partial charge in [0.05, 0.1) is 0 Å². The molecule has 0 saturated carbocycles. The predicted molar refractivity (Wildman–Crippen MR) is 81.9 cm³/mol.